The summed E-state index contributed by atoms with van der Waals surface area (Å²) in [4.78, 5) is 2.44. The van der Waals surface area contributed by atoms with Gasteiger partial charge in [-0.15, -0.1) is 0 Å². The Morgan fingerprint density at radius 1 is 1.00 bits per heavy atom. The molecule has 1 fully saturated rings. The van der Waals surface area contributed by atoms with Crippen LogP contribution in [0.25, 0.3) is 0 Å². The Hall–Kier alpha value is -1.22. The van der Waals surface area contributed by atoms with Crippen molar-refractivity contribution in [1.29, 1.82) is 0 Å². The number of hydrogen-bond acceptors (Lipinski definition) is 3. The molecule has 2 unspecified atom stereocenters. The quantitative estimate of drug-likeness (QED) is 0.763. The van der Waals surface area contributed by atoms with Gasteiger partial charge in [0.05, 0.1) is 14.2 Å². The first kappa shape index (κ1) is 9.97. The summed E-state index contributed by atoms with van der Waals surface area (Å²) in [5.74, 6) is 2.02. The molecule has 0 N–H and O–H groups in total. The fourth-order valence-electron chi connectivity index (χ4n) is 3.28. The highest BCUT2D eigenvalue weighted by Gasteiger charge is 2.45. The summed E-state index contributed by atoms with van der Waals surface area (Å²) >= 11 is 0. The van der Waals surface area contributed by atoms with Gasteiger partial charge in [-0.25, -0.2) is 0 Å². The number of methoxy groups -OCH3 is 2. The minimum atomic E-state index is 0.519. The predicted octanol–water partition coefficient (Wildman–Crippen LogP) is 2.53. The van der Waals surface area contributed by atoms with E-state index < -0.39 is 0 Å². The van der Waals surface area contributed by atoms with Crippen LogP contribution in [0.4, 0.5) is 0 Å². The largest absolute Gasteiger partial charge is 0.496 e. The lowest BCUT2D eigenvalue weighted by Gasteiger charge is -2.19. The van der Waals surface area contributed by atoms with Crippen LogP contribution in [0.1, 0.15) is 36.1 Å². The van der Waals surface area contributed by atoms with Gasteiger partial charge in [-0.2, -0.15) is 0 Å². The van der Waals surface area contributed by atoms with Gasteiger partial charge in [0.15, 0.2) is 0 Å². The van der Waals surface area contributed by atoms with Gasteiger partial charge in [0.1, 0.15) is 11.5 Å². The molecule has 0 aromatic heterocycles. The van der Waals surface area contributed by atoms with E-state index in [2.05, 4.69) is 11.9 Å². The molecule has 3 nitrogen and oxygen atoms in total. The van der Waals surface area contributed by atoms with Gasteiger partial charge in [0, 0.05) is 23.2 Å². The van der Waals surface area contributed by atoms with Gasteiger partial charge in [0.25, 0.3) is 0 Å². The number of fused-ring (bicyclic) bond motifs is 5. The normalized spacial score (nSPS) is 26.9. The Balaban J connectivity index is 2.22. The fraction of sp³-hybridized carbons (Fsp3) is 0.538. The van der Waals surface area contributed by atoms with Crippen molar-refractivity contribution in [3.63, 3.8) is 0 Å². The summed E-state index contributed by atoms with van der Waals surface area (Å²) < 4.78 is 11.0. The first-order chi connectivity index (χ1) is 7.77. The standard InChI is InChI=1S/C13H17NO2/c1-14-8-4-5-9(14)13-11(16-3)7-6-10(15-2)12(8)13/h6-9H,4-5H2,1-3H3. The van der Waals surface area contributed by atoms with E-state index >= 15 is 0 Å². The molecule has 3 rings (SSSR count). The summed E-state index contributed by atoms with van der Waals surface area (Å²) in [7, 11) is 5.68. The van der Waals surface area contributed by atoms with E-state index in [9.17, 15) is 0 Å². The minimum absolute atomic E-state index is 0.519. The second-order valence-corrected chi connectivity index (χ2v) is 4.57. The molecule has 0 amide bonds. The van der Waals surface area contributed by atoms with E-state index in [1.54, 1.807) is 14.2 Å². The average molecular weight is 219 g/mol. The van der Waals surface area contributed by atoms with Gasteiger partial charge >= 0.3 is 0 Å². The van der Waals surface area contributed by atoms with Crippen LogP contribution >= 0.6 is 0 Å². The SMILES string of the molecule is COc1ccc(OC)c2c1C1CCC2N1C. The molecule has 2 aliphatic heterocycles. The molecule has 86 valence electrons. The van der Waals surface area contributed by atoms with Crippen molar-refractivity contribution in [3.8, 4) is 11.5 Å². The van der Waals surface area contributed by atoms with E-state index in [0.29, 0.717) is 12.1 Å². The highest BCUT2D eigenvalue weighted by Crippen LogP contribution is 2.57. The Bertz CT molecular complexity index is 391. The highest BCUT2D eigenvalue weighted by atomic mass is 16.5. The lowest BCUT2D eigenvalue weighted by atomic mass is 9.90. The molecule has 0 saturated carbocycles. The van der Waals surface area contributed by atoms with E-state index in [4.69, 9.17) is 9.47 Å². The van der Waals surface area contributed by atoms with Crippen LogP contribution in [0.15, 0.2) is 12.1 Å². The average Bonchev–Trinajstić information content (AvgIpc) is 2.82. The third-order valence-corrected chi connectivity index (χ3v) is 4.01. The van der Waals surface area contributed by atoms with Crippen LogP contribution in [0.2, 0.25) is 0 Å². The predicted molar refractivity (Wildman–Crippen MR) is 62.0 cm³/mol. The highest BCUT2D eigenvalue weighted by molar-refractivity contribution is 5.56. The van der Waals surface area contributed by atoms with Crippen LogP contribution in [0.3, 0.4) is 0 Å². The van der Waals surface area contributed by atoms with Crippen LogP contribution in [-0.2, 0) is 0 Å². The molecular weight excluding hydrogens is 202 g/mol. The Labute approximate surface area is 96.0 Å². The van der Waals surface area contributed by atoms with Gasteiger partial charge in [-0.3, -0.25) is 4.90 Å². The molecule has 3 heteroatoms. The first-order valence-electron chi connectivity index (χ1n) is 5.74. The van der Waals surface area contributed by atoms with Crippen molar-refractivity contribution in [3.05, 3.63) is 23.3 Å². The van der Waals surface area contributed by atoms with Gasteiger partial charge in [-0.05, 0) is 32.0 Å². The van der Waals surface area contributed by atoms with Crippen molar-refractivity contribution >= 4 is 0 Å². The van der Waals surface area contributed by atoms with Crippen LogP contribution in [0.5, 0.6) is 11.5 Å². The first-order valence-corrected chi connectivity index (χ1v) is 5.74. The molecule has 2 heterocycles. The molecule has 0 aliphatic carbocycles. The van der Waals surface area contributed by atoms with E-state index in [-0.39, 0.29) is 0 Å². The maximum absolute atomic E-state index is 5.48. The van der Waals surface area contributed by atoms with Crippen LogP contribution in [0, 0.1) is 0 Å². The summed E-state index contributed by atoms with van der Waals surface area (Å²) in [6.45, 7) is 0. The van der Waals surface area contributed by atoms with Gasteiger partial charge in [0.2, 0.25) is 0 Å². The van der Waals surface area contributed by atoms with Crippen molar-refractivity contribution in [2.45, 2.75) is 24.9 Å². The summed E-state index contributed by atoms with van der Waals surface area (Å²) in [6, 6.07) is 5.08. The summed E-state index contributed by atoms with van der Waals surface area (Å²) in [5, 5.41) is 0. The topological polar surface area (TPSA) is 21.7 Å². The van der Waals surface area contributed by atoms with E-state index in [1.807, 2.05) is 12.1 Å². The lowest BCUT2D eigenvalue weighted by molar-refractivity contribution is 0.274. The van der Waals surface area contributed by atoms with E-state index in [1.165, 1.54) is 24.0 Å². The number of benzene rings is 1. The Morgan fingerprint density at radius 2 is 1.44 bits per heavy atom. The maximum atomic E-state index is 5.48. The fourth-order valence-corrected chi connectivity index (χ4v) is 3.28. The third kappa shape index (κ3) is 1.07. The number of ether oxygens (including phenoxy) is 2. The van der Waals surface area contributed by atoms with Gasteiger partial charge < -0.3 is 9.47 Å². The zero-order valence-corrected chi connectivity index (χ0v) is 9.99. The Kier molecular flexibility index (Phi) is 2.11. The molecule has 0 spiro atoms. The summed E-state index contributed by atoms with van der Waals surface area (Å²) in [6.07, 6.45) is 2.47. The minimum Gasteiger partial charge on any atom is -0.496 e. The zero-order chi connectivity index (χ0) is 11.3. The zero-order valence-electron chi connectivity index (χ0n) is 9.99. The Morgan fingerprint density at radius 3 is 1.81 bits per heavy atom. The molecule has 1 aromatic rings. The summed E-state index contributed by atoms with van der Waals surface area (Å²) in [5.41, 5.74) is 2.70. The van der Waals surface area contributed by atoms with Crippen LogP contribution in [-0.4, -0.2) is 26.2 Å². The monoisotopic (exact) mass is 219 g/mol. The molecule has 2 aliphatic rings. The molecule has 1 saturated heterocycles. The number of nitrogens with zero attached hydrogens (tertiary/aromatic N) is 1. The van der Waals surface area contributed by atoms with Gasteiger partial charge in [-0.1, -0.05) is 0 Å². The lowest BCUT2D eigenvalue weighted by Crippen LogP contribution is -2.12. The second-order valence-electron chi connectivity index (χ2n) is 4.57. The van der Waals surface area contributed by atoms with Crippen molar-refractivity contribution in [1.82, 2.24) is 4.90 Å². The molecular formula is C13H17NO2. The molecule has 0 radical (unpaired) electrons. The second kappa shape index (κ2) is 3.39. The molecule has 1 aromatic carbocycles. The third-order valence-electron chi connectivity index (χ3n) is 4.01. The van der Waals surface area contributed by atoms with Crippen molar-refractivity contribution in [2.24, 2.45) is 0 Å². The van der Waals surface area contributed by atoms with E-state index in [0.717, 1.165) is 11.5 Å². The van der Waals surface area contributed by atoms with Crippen molar-refractivity contribution < 1.29 is 9.47 Å². The molecule has 2 bridgehead atoms. The van der Waals surface area contributed by atoms with Crippen molar-refractivity contribution in [2.75, 3.05) is 21.3 Å². The van der Waals surface area contributed by atoms with Crippen LogP contribution < -0.4 is 9.47 Å². The number of rotatable bonds is 2. The smallest absolute Gasteiger partial charge is 0.124 e. The molecule has 16 heavy (non-hydrogen) atoms. The maximum Gasteiger partial charge on any atom is 0.124 e. The molecule has 2 atom stereocenters. The number of hydrogen-bond donors (Lipinski definition) is 0.